The number of nitrogens with one attached hydrogen (secondary N) is 2. The monoisotopic (exact) mass is 405 g/mol. The van der Waals surface area contributed by atoms with E-state index in [2.05, 4.69) is 10.9 Å². The minimum atomic E-state index is -0.796. The van der Waals surface area contributed by atoms with Crippen LogP contribution in [0.2, 0.25) is 0 Å². The number of carbonyl (C=O) groups is 2. The van der Waals surface area contributed by atoms with E-state index < -0.39 is 12.2 Å². The largest absolute Gasteiger partial charge is 0.449 e. The second-order valence-electron chi connectivity index (χ2n) is 6.53. The van der Waals surface area contributed by atoms with Crippen molar-refractivity contribution in [2.45, 2.75) is 20.1 Å². The summed E-state index contributed by atoms with van der Waals surface area (Å²) < 4.78 is 10.5. The van der Waals surface area contributed by atoms with E-state index >= 15 is 0 Å². The highest BCUT2D eigenvalue weighted by Gasteiger charge is 2.19. The van der Waals surface area contributed by atoms with Crippen molar-refractivity contribution in [3.8, 4) is 0 Å². The SMILES string of the molecule is Cc1ccc(NN(NC(=O)OCc2ccccc2)C(=O)OCc2ccccc2)cc1. The summed E-state index contributed by atoms with van der Waals surface area (Å²) in [5, 5.41) is 0.862. The zero-order valence-corrected chi connectivity index (χ0v) is 16.6. The second kappa shape index (κ2) is 10.5. The Morgan fingerprint density at radius 1 is 0.767 bits per heavy atom. The van der Waals surface area contributed by atoms with E-state index in [0.717, 1.165) is 21.8 Å². The number of hydrogen-bond acceptors (Lipinski definition) is 5. The number of ether oxygens (including phenoxy) is 2. The van der Waals surface area contributed by atoms with E-state index in [-0.39, 0.29) is 13.2 Å². The molecule has 3 aromatic rings. The van der Waals surface area contributed by atoms with Crippen molar-refractivity contribution in [2.75, 3.05) is 5.43 Å². The molecule has 0 heterocycles. The van der Waals surface area contributed by atoms with Crippen molar-refractivity contribution in [2.24, 2.45) is 0 Å². The van der Waals surface area contributed by atoms with E-state index in [9.17, 15) is 9.59 Å². The number of anilines is 1. The number of aryl methyl sites for hydroxylation is 1. The van der Waals surface area contributed by atoms with Crippen LogP contribution in [0.3, 0.4) is 0 Å². The molecule has 0 aliphatic heterocycles. The van der Waals surface area contributed by atoms with Crippen molar-refractivity contribution in [3.63, 3.8) is 0 Å². The summed E-state index contributed by atoms with van der Waals surface area (Å²) in [4.78, 5) is 24.8. The fraction of sp³-hybridized carbons (Fsp3) is 0.130. The third kappa shape index (κ3) is 6.56. The number of hydrazine groups is 2. The fourth-order valence-electron chi connectivity index (χ4n) is 2.51. The first-order valence-electron chi connectivity index (χ1n) is 9.41. The zero-order valence-electron chi connectivity index (χ0n) is 16.6. The van der Waals surface area contributed by atoms with Crippen LogP contribution in [-0.2, 0) is 22.7 Å². The molecular weight excluding hydrogens is 382 g/mol. The summed E-state index contributed by atoms with van der Waals surface area (Å²) in [6.45, 7) is 2.09. The van der Waals surface area contributed by atoms with Gasteiger partial charge in [0.05, 0.1) is 5.69 Å². The molecule has 154 valence electrons. The van der Waals surface area contributed by atoms with Crippen molar-refractivity contribution in [3.05, 3.63) is 102 Å². The summed E-state index contributed by atoms with van der Waals surface area (Å²) in [7, 11) is 0. The van der Waals surface area contributed by atoms with Gasteiger partial charge in [-0.15, -0.1) is 5.12 Å². The first kappa shape index (κ1) is 20.7. The van der Waals surface area contributed by atoms with Gasteiger partial charge in [0.25, 0.3) is 0 Å². The van der Waals surface area contributed by atoms with E-state index in [1.165, 1.54) is 0 Å². The molecule has 0 spiro atoms. The van der Waals surface area contributed by atoms with Crippen LogP contribution in [0.15, 0.2) is 84.9 Å². The van der Waals surface area contributed by atoms with Crippen molar-refractivity contribution < 1.29 is 19.1 Å². The van der Waals surface area contributed by atoms with Gasteiger partial charge in [-0.3, -0.25) is 5.43 Å². The third-order valence-corrected chi connectivity index (χ3v) is 4.10. The number of carbonyl (C=O) groups excluding carboxylic acids is 2. The number of nitrogens with zero attached hydrogens (tertiary/aromatic N) is 1. The Morgan fingerprint density at radius 2 is 1.30 bits per heavy atom. The first-order valence-corrected chi connectivity index (χ1v) is 9.41. The van der Waals surface area contributed by atoms with E-state index in [0.29, 0.717) is 5.69 Å². The van der Waals surface area contributed by atoms with Crippen molar-refractivity contribution >= 4 is 17.9 Å². The number of benzene rings is 3. The predicted octanol–water partition coefficient (Wildman–Crippen LogP) is 4.80. The van der Waals surface area contributed by atoms with Crippen LogP contribution >= 0.6 is 0 Å². The highest BCUT2D eigenvalue weighted by molar-refractivity contribution is 5.75. The molecule has 0 aliphatic rings. The average molecular weight is 405 g/mol. The maximum atomic E-state index is 12.6. The van der Waals surface area contributed by atoms with E-state index in [1.807, 2.05) is 79.7 Å². The second-order valence-corrected chi connectivity index (χ2v) is 6.53. The van der Waals surface area contributed by atoms with Crippen LogP contribution in [0.25, 0.3) is 0 Å². The van der Waals surface area contributed by atoms with Gasteiger partial charge in [0.15, 0.2) is 0 Å². The lowest BCUT2D eigenvalue weighted by Gasteiger charge is -2.23. The van der Waals surface area contributed by atoms with Gasteiger partial charge >= 0.3 is 12.2 Å². The Labute approximate surface area is 175 Å². The molecule has 0 saturated heterocycles. The molecule has 0 fully saturated rings. The summed E-state index contributed by atoms with van der Waals surface area (Å²) >= 11 is 0. The molecule has 3 aromatic carbocycles. The van der Waals surface area contributed by atoms with Crippen LogP contribution in [0.1, 0.15) is 16.7 Å². The van der Waals surface area contributed by atoms with Crippen LogP contribution in [0.4, 0.5) is 15.3 Å². The molecule has 0 atom stereocenters. The van der Waals surface area contributed by atoms with E-state index in [4.69, 9.17) is 9.47 Å². The molecule has 7 heteroatoms. The third-order valence-electron chi connectivity index (χ3n) is 4.10. The van der Waals surface area contributed by atoms with Crippen LogP contribution in [0, 0.1) is 6.92 Å². The Kier molecular flexibility index (Phi) is 7.27. The van der Waals surface area contributed by atoms with Gasteiger partial charge in [-0.1, -0.05) is 78.4 Å². The summed E-state index contributed by atoms with van der Waals surface area (Å²) in [5.41, 5.74) is 8.51. The standard InChI is InChI=1S/C23H23N3O4/c1-18-12-14-21(15-13-18)24-26(23(28)30-17-20-10-6-3-7-11-20)25-22(27)29-16-19-8-4-2-5-9-19/h2-15,24H,16-17H2,1H3,(H,25,27). The molecule has 3 rings (SSSR count). The lowest BCUT2D eigenvalue weighted by molar-refractivity contribution is 0.0739. The summed E-state index contributed by atoms with van der Waals surface area (Å²) in [5.74, 6) is 0. The molecule has 0 aliphatic carbocycles. The summed E-state index contributed by atoms with van der Waals surface area (Å²) in [6, 6.07) is 25.8. The maximum absolute atomic E-state index is 12.6. The fourth-order valence-corrected chi connectivity index (χ4v) is 2.51. The van der Waals surface area contributed by atoms with Gasteiger partial charge in [-0.05, 0) is 30.2 Å². The molecule has 2 amide bonds. The maximum Gasteiger partial charge on any atom is 0.449 e. The number of amides is 2. The minimum absolute atomic E-state index is 0.0620. The van der Waals surface area contributed by atoms with Crippen molar-refractivity contribution in [1.82, 2.24) is 10.5 Å². The lowest BCUT2D eigenvalue weighted by Crippen LogP contribution is -2.50. The Morgan fingerprint density at radius 3 is 1.87 bits per heavy atom. The van der Waals surface area contributed by atoms with Gasteiger partial charge in [0, 0.05) is 0 Å². The zero-order chi connectivity index (χ0) is 21.2. The molecule has 0 bridgehead atoms. The Hall–Kier alpha value is -4.00. The van der Waals surface area contributed by atoms with Crippen LogP contribution < -0.4 is 10.9 Å². The Balaban J connectivity index is 1.62. The van der Waals surface area contributed by atoms with Crippen LogP contribution in [-0.4, -0.2) is 17.3 Å². The normalized spacial score (nSPS) is 10.0. The highest BCUT2D eigenvalue weighted by Crippen LogP contribution is 2.11. The Bertz CT molecular complexity index is 947. The predicted molar refractivity (Wildman–Crippen MR) is 113 cm³/mol. The van der Waals surface area contributed by atoms with Gasteiger partial charge in [-0.25, -0.2) is 15.0 Å². The van der Waals surface area contributed by atoms with Gasteiger partial charge < -0.3 is 9.47 Å². The van der Waals surface area contributed by atoms with Gasteiger partial charge in [-0.2, -0.15) is 0 Å². The number of rotatable bonds is 6. The smallest absolute Gasteiger partial charge is 0.443 e. The molecule has 7 nitrogen and oxygen atoms in total. The average Bonchev–Trinajstić information content (AvgIpc) is 2.78. The topological polar surface area (TPSA) is 79.9 Å². The van der Waals surface area contributed by atoms with Crippen LogP contribution in [0.5, 0.6) is 0 Å². The first-order chi connectivity index (χ1) is 14.6. The molecule has 0 unspecified atom stereocenters. The summed E-state index contributed by atoms with van der Waals surface area (Å²) in [6.07, 6.45) is -1.58. The van der Waals surface area contributed by atoms with Gasteiger partial charge in [0.1, 0.15) is 13.2 Å². The molecule has 2 N–H and O–H groups in total. The quantitative estimate of drug-likeness (QED) is 0.576. The molecule has 30 heavy (non-hydrogen) atoms. The van der Waals surface area contributed by atoms with E-state index in [1.54, 1.807) is 12.1 Å². The lowest BCUT2D eigenvalue weighted by atomic mass is 10.2. The van der Waals surface area contributed by atoms with Gasteiger partial charge in [0.2, 0.25) is 0 Å². The highest BCUT2D eigenvalue weighted by atomic mass is 16.6. The number of hydrogen-bond donors (Lipinski definition) is 2. The molecule has 0 radical (unpaired) electrons. The molecular formula is C23H23N3O4. The van der Waals surface area contributed by atoms with Crippen molar-refractivity contribution in [1.29, 1.82) is 0 Å². The molecule has 0 saturated carbocycles. The molecule has 0 aromatic heterocycles. The minimum Gasteiger partial charge on any atom is -0.443 e.